The van der Waals surface area contributed by atoms with Gasteiger partial charge in [-0.3, -0.25) is 9.69 Å². The number of carbonyl (C=O) groups excluding carboxylic acids is 1. The van der Waals surface area contributed by atoms with Crippen LogP contribution in [0, 0.1) is 0 Å². The molecule has 1 fully saturated rings. The number of amides is 1. The van der Waals surface area contributed by atoms with Gasteiger partial charge in [-0.05, 0) is 76.4 Å². The van der Waals surface area contributed by atoms with Crippen molar-refractivity contribution in [1.29, 1.82) is 0 Å². The van der Waals surface area contributed by atoms with Gasteiger partial charge in [-0.1, -0.05) is 18.2 Å². The van der Waals surface area contributed by atoms with Crippen molar-refractivity contribution in [3.05, 3.63) is 54.6 Å². The van der Waals surface area contributed by atoms with E-state index in [2.05, 4.69) is 27.5 Å². The Hall–Kier alpha value is -2.37. The smallest absolute Gasteiger partial charge is 0.238 e. The second-order valence-corrected chi connectivity index (χ2v) is 7.07. The van der Waals surface area contributed by atoms with Crippen LogP contribution in [-0.4, -0.2) is 55.5 Å². The molecule has 1 heterocycles. The van der Waals surface area contributed by atoms with Crippen LogP contribution in [0.15, 0.2) is 54.6 Å². The van der Waals surface area contributed by atoms with Crippen molar-refractivity contribution < 1.29 is 4.79 Å². The van der Waals surface area contributed by atoms with Gasteiger partial charge in [0.15, 0.2) is 0 Å². The fourth-order valence-electron chi connectivity index (χ4n) is 3.32. The molecule has 0 aromatic heterocycles. The number of nitrogens with one attached hydrogen (secondary N) is 2. The number of hydrogen-bond acceptors (Lipinski definition) is 4. The summed E-state index contributed by atoms with van der Waals surface area (Å²) in [5.74, 6) is 0.0372. The summed E-state index contributed by atoms with van der Waals surface area (Å²) in [6, 6.07) is 18.3. The number of likely N-dealkylation sites (N-methyl/N-ethyl adjacent to an activating group) is 1. The lowest BCUT2D eigenvalue weighted by atomic mass is 10.0. The molecule has 0 radical (unpaired) electrons. The van der Waals surface area contributed by atoms with Gasteiger partial charge in [0.05, 0.1) is 6.54 Å². The van der Waals surface area contributed by atoms with Crippen molar-refractivity contribution >= 4 is 23.0 Å². The third-order valence-electron chi connectivity index (χ3n) is 4.94. The molecule has 2 aromatic carbocycles. The predicted octanol–water partition coefficient (Wildman–Crippen LogP) is 3.39. The quantitative estimate of drug-likeness (QED) is 0.837. The van der Waals surface area contributed by atoms with Crippen LogP contribution >= 0.6 is 0 Å². The summed E-state index contributed by atoms with van der Waals surface area (Å²) >= 11 is 0. The maximum Gasteiger partial charge on any atom is 0.238 e. The summed E-state index contributed by atoms with van der Waals surface area (Å²) in [6.45, 7) is 2.64. The molecule has 0 aliphatic carbocycles. The molecule has 1 aliphatic rings. The van der Waals surface area contributed by atoms with Crippen molar-refractivity contribution in [3.63, 3.8) is 0 Å². The van der Waals surface area contributed by atoms with Crippen LogP contribution in [0.5, 0.6) is 0 Å². The summed E-state index contributed by atoms with van der Waals surface area (Å²) < 4.78 is 0. The second-order valence-electron chi connectivity index (χ2n) is 7.07. The minimum atomic E-state index is 0.0372. The van der Waals surface area contributed by atoms with E-state index < -0.39 is 0 Å². The summed E-state index contributed by atoms with van der Waals surface area (Å²) in [5, 5.41) is 6.33. The normalized spacial score (nSPS) is 15.8. The number of hydrogen-bond donors (Lipinski definition) is 2. The molecule has 2 aromatic rings. The number of rotatable bonds is 6. The van der Waals surface area contributed by atoms with E-state index in [0.29, 0.717) is 12.6 Å². The van der Waals surface area contributed by atoms with E-state index in [0.717, 1.165) is 43.0 Å². The Morgan fingerprint density at radius 2 is 1.58 bits per heavy atom. The number of anilines is 3. The highest BCUT2D eigenvalue weighted by Gasteiger charge is 2.21. The van der Waals surface area contributed by atoms with E-state index in [9.17, 15) is 4.79 Å². The molecule has 2 N–H and O–H groups in total. The van der Waals surface area contributed by atoms with Crippen LogP contribution in [-0.2, 0) is 4.79 Å². The van der Waals surface area contributed by atoms with E-state index >= 15 is 0 Å². The number of carbonyl (C=O) groups is 1. The lowest BCUT2D eigenvalue weighted by molar-refractivity contribution is -0.117. The monoisotopic (exact) mass is 352 g/mol. The Morgan fingerprint density at radius 3 is 2.23 bits per heavy atom. The van der Waals surface area contributed by atoms with E-state index in [1.165, 1.54) is 0 Å². The van der Waals surface area contributed by atoms with Crippen LogP contribution < -0.4 is 10.6 Å². The van der Waals surface area contributed by atoms with Crippen LogP contribution in [0.25, 0.3) is 0 Å². The van der Waals surface area contributed by atoms with E-state index in [1.807, 2.05) is 61.6 Å². The Morgan fingerprint density at radius 1 is 1.00 bits per heavy atom. The molecule has 26 heavy (non-hydrogen) atoms. The highest BCUT2D eigenvalue weighted by atomic mass is 16.2. The SMILES string of the molecule is CN1CCC(N(C)CC(=O)Nc2ccc(Nc3ccccc3)cc2)CC1. The molecule has 1 aliphatic heterocycles. The largest absolute Gasteiger partial charge is 0.356 e. The standard InChI is InChI=1S/C21H28N4O/c1-24-14-12-20(13-15-24)25(2)16-21(26)23-19-10-8-18(9-11-19)22-17-6-4-3-5-7-17/h3-11,20,22H,12-16H2,1-2H3,(H,23,26). The first kappa shape index (κ1) is 18.4. The van der Waals surface area contributed by atoms with Crippen molar-refractivity contribution in [2.75, 3.05) is 44.4 Å². The van der Waals surface area contributed by atoms with Gasteiger partial charge < -0.3 is 15.5 Å². The van der Waals surface area contributed by atoms with Crippen molar-refractivity contribution in [2.24, 2.45) is 0 Å². The van der Waals surface area contributed by atoms with Gasteiger partial charge >= 0.3 is 0 Å². The molecule has 1 amide bonds. The lowest BCUT2D eigenvalue weighted by Crippen LogP contribution is -2.44. The zero-order chi connectivity index (χ0) is 18.4. The second kappa shape index (κ2) is 8.83. The van der Waals surface area contributed by atoms with Gasteiger partial charge in [-0.2, -0.15) is 0 Å². The highest BCUT2D eigenvalue weighted by molar-refractivity contribution is 5.92. The highest BCUT2D eigenvalue weighted by Crippen LogP contribution is 2.19. The Kier molecular flexibility index (Phi) is 6.26. The summed E-state index contributed by atoms with van der Waals surface area (Å²) in [5.41, 5.74) is 2.87. The zero-order valence-electron chi connectivity index (χ0n) is 15.6. The van der Waals surface area contributed by atoms with Gasteiger partial charge in [0.25, 0.3) is 0 Å². The third kappa shape index (κ3) is 5.31. The zero-order valence-corrected chi connectivity index (χ0v) is 15.6. The number of nitrogens with zero attached hydrogens (tertiary/aromatic N) is 2. The molecule has 0 spiro atoms. The van der Waals surface area contributed by atoms with Crippen LogP contribution in [0.4, 0.5) is 17.1 Å². The number of piperidine rings is 1. The molecule has 5 nitrogen and oxygen atoms in total. The molecule has 0 bridgehead atoms. The number of para-hydroxylation sites is 1. The molecule has 5 heteroatoms. The van der Waals surface area contributed by atoms with E-state index in [4.69, 9.17) is 0 Å². The Balaban J connectivity index is 1.48. The molecule has 0 unspecified atom stereocenters. The van der Waals surface area contributed by atoms with Crippen molar-refractivity contribution in [1.82, 2.24) is 9.80 Å². The Bertz CT molecular complexity index is 694. The predicted molar refractivity (Wildman–Crippen MR) is 108 cm³/mol. The molecule has 0 atom stereocenters. The lowest BCUT2D eigenvalue weighted by Gasteiger charge is -2.34. The Labute approximate surface area is 156 Å². The van der Waals surface area contributed by atoms with E-state index in [1.54, 1.807) is 0 Å². The van der Waals surface area contributed by atoms with Gasteiger partial charge in [0.1, 0.15) is 0 Å². The molecule has 0 saturated carbocycles. The van der Waals surface area contributed by atoms with Gasteiger partial charge in [0, 0.05) is 23.1 Å². The number of benzene rings is 2. The molecule has 3 rings (SSSR count). The van der Waals surface area contributed by atoms with Gasteiger partial charge in [-0.25, -0.2) is 0 Å². The fourth-order valence-corrected chi connectivity index (χ4v) is 3.32. The third-order valence-corrected chi connectivity index (χ3v) is 4.94. The van der Waals surface area contributed by atoms with Crippen LogP contribution in [0.3, 0.4) is 0 Å². The van der Waals surface area contributed by atoms with E-state index in [-0.39, 0.29) is 5.91 Å². The molecular weight excluding hydrogens is 324 g/mol. The minimum absolute atomic E-state index is 0.0372. The summed E-state index contributed by atoms with van der Waals surface area (Å²) in [6.07, 6.45) is 2.25. The molecular formula is C21H28N4O. The van der Waals surface area contributed by atoms with Crippen molar-refractivity contribution in [3.8, 4) is 0 Å². The maximum atomic E-state index is 12.3. The van der Waals surface area contributed by atoms with Gasteiger partial charge in [-0.15, -0.1) is 0 Å². The molecule has 1 saturated heterocycles. The maximum absolute atomic E-state index is 12.3. The summed E-state index contributed by atoms with van der Waals surface area (Å²) in [4.78, 5) is 16.8. The van der Waals surface area contributed by atoms with Gasteiger partial charge in [0.2, 0.25) is 5.91 Å². The summed E-state index contributed by atoms with van der Waals surface area (Å²) in [7, 11) is 4.20. The van der Waals surface area contributed by atoms with Crippen molar-refractivity contribution in [2.45, 2.75) is 18.9 Å². The van der Waals surface area contributed by atoms with Crippen LogP contribution in [0.1, 0.15) is 12.8 Å². The first-order valence-electron chi connectivity index (χ1n) is 9.21. The minimum Gasteiger partial charge on any atom is -0.356 e. The fraction of sp³-hybridized carbons (Fsp3) is 0.381. The average molecular weight is 352 g/mol. The van der Waals surface area contributed by atoms with Crippen LogP contribution in [0.2, 0.25) is 0 Å². The molecule has 138 valence electrons. The topological polar surface area (TPSA) is 47.6 Å². The number of likely N-dealkylation sites (tertiary alicyclic amines) is 1. The first-order chi connectivity index (χ1) is 12.6. The first-order valence-corrected chi connectivity index (χ1v) is 9.21. The average Bonchev–Trinajstić information content (AvgIpc) is 2.64.